The van der Waals surface area contributed by atoms with Crippen LogP contribution >= 0.6 is 0 Å². The Morgan fingerprint density at radius 1 is 0.831 bits per heavy atom. The minimum absolute atomic E-state index is 0.0378. The largest absolute Gasteiger partial charge is 0.479 e. The van der Waals surface area contributed by atoms with Crippen molar-refractivity contribution in [3.63, 3.8) is 0 Å². The van der Waals surface area contributed by atoms with Crippen molar-refractivity contribution in [2.24, 2.45) is 29.6 Å². The highest BCUT2D eigenvalue weighted by Crippen LogP contribution is 2.39. The molecule has 0 radical (unpaired) electrons. The van der Waals surface area contributed by atoms with Crippen LogP contribution in [0.3, 0.4) is 0 Å². The van der Waals surface area contributed by atoms with Crippen LogP contribution in [-0.4, -0.2) is 233 Å². The fourth-order valence-electron chi connectivity index (χ4n) is 10.9. The number of esters is 3. The predicted octanol–water partition coefficient (Wildman–Crippen LogP) is 1.88. The van der Waals surface area contributed by atoms with Gasteiger partial charge in [-0.15, -0.1) is 0 Å². The molecule has 0 spiro atoms. The fraction of sp³-hybridized carbons (Fsp3) is 0.807. The Morgan fingerprint density at radius 2 is 1.43 bits per heavy atom. The summed E-state index contributed by atoms with van der Waals surface area (Å²) in [5, 5.41) is 67.1. The van der Waals surface area contributed by atoms with Crippen molar-refractivity contribution in [3.05, 3.63) is 23.8 Å². The van der Waals surface area contributed by atoms with Crippen molar-refractivity contribution in [2.75, 3.05) is 34.9 Å². The van der Waals surface area contributed by atoms with Crippen LogP contribution in [0.4, 0.5) is 0 Å². The lowest BCUT2D eigenvalue weighted by Gasteiger charge is -2.50. The topological polar surface area (TPSA) is 366 Å². The molecule has 26 heteroatoms. The second kappa shape index (κ2) is 33.5. The van der Waals surface area contributed by atoms with E-state index in [0.29, 0.717) is 18.3 Å². The number of carbonyl (C=O) groups excluding carboxylic acids is 5. The number of methoxy groups -OCH3 is 2. The summed E-state index contributed by atoms with van der Waals surface area (Å²) in [7, 11) is 6.41. The Labute approximate surface area is 485 Å². The molecule has 0 aromatic heterocycles. The van der Waals surface area contributed by atoms with E-state index in [0.717, 1.165) is 0 Å². The second-order valence-electron chi connectivity index (χ2n) is 23.0. The van der Waals surface area contributed by atoms with Gasteiger partial charge in [-0.05, 0) is 79.5 Å². The van der Waals surface area contributed by atoms with Crippen LogP contribution in [0.2, 0.25) is 0 Å². The molecule has 0 unspecified atom stereocenters. The van der Waals surface area contributed by atoms with Gasteiger partial charge in [-0.3, -0.25) is 19.2 Å². The molecule has 0 aromatic rings. The zero-order chi connectivity index (χ0) is 63.0. The fourth-order valence-corrected chi connectivity index (χ4v) is 10.9. The summed E-state index contributed by atoms with van der Waals surface area (Å²) >= 11 is 0. The highest BCUT2D eigenvalue weighted by Gasteiger charge is 2.53. The van der Waals surface area contributed by atoms with Crippen LogP contribution < -0.4 is 0 Å². The number of aliphatic carboxylic acids is 2. The van der Waals surface area contributed by atoms with E-state index in [1.165, 1.54) is 27.2 Å². The number of rotatable bonds is 20. The maximum absolute atomic E-state index is 14.2. The van der Waals surface area contributed by atoms with Gasteiger partial charge >= 0.3 is 29.8 Å². The summed E-state index contributed by atoms with van der Waals surface area (Å²) in [6, 6.07) is -0.809. The van der Waals surface area contributed by atoms with Gasteiger partial charge < -0.3 is 97.5 Å². The summed E-state index contributed by atoms with van der Waals surface area (Å²) in [4.78, 5) is 87.4. The quantitative estimate of drug-likeness (QED) is 0.0520. The molecular weight excluding hydrogens is 1100 g/mol. The van der Waals surface area contributed by atoms with Crippen molar-refractivity contribution < 1.29 is 121 Å². The number of aliphatic hydroxyl groups is 5. The molecule has 0 saturated carbocycles. The molecule has 4 rings (SSSR count). The van der Waals surface area contributed by atoms with E-state index >= 15 is 0 Å². The summed E-state index contributed by atoms with van der Waals surface area (Å²) in [5.74, 6) is -8.41. The van der Waals surface area contributed by atoms with Crippen LogP contribution in [0, 0.1) is 29.6 Å². The molecule has 0 bridgehead atoms. The summed E-state index contributed by atoms with van der Waals surface area (Å²) in [6.45, 7) is 18.7. The molecular formula is C57H93NO25. The number of cyclic esters (lactones) is 1. The molecule has 476 valence electrons. The number of likely N-dealkylation sites (N-methyl/N-ethyl adjacent to an activating group) is 1. The first-order valence-corrected chi connectivity index (χ1v) is 28.1. The molecule has 4 aliphatic heterocycles. The molecule has 83 heavy (non-hydrogen) atoms. The van der Waals surface area contributed by atoms with Gasteiger partial charge in [-0.25, -0.2) is 9.59 Å². The van der Waals surface area contributed by atoms with E-state index in [2.05, 4.69) is 0 Å². The van der Waals surface area contributed by atoms with Gasteiger partial charge in [-0.1, -0.05) is 52.3 Å². The molecule has 4 heterocycles. The average Bonchev–Trinajstić information content (AvgIpc) is 3.61. The van der Waals surface area contributed by atoms with Crippen molar-refractivity contribution in [3.8, 4) is 0 Å². The van der Waals surface area contributed by atoms with Gasteiger partial charge in [0.2, 0.25) is 0 Å². The first kappa shape index (κ1) is 72.9. The Hall–Kier alpha value is -4.39. The van der Waals surface area contributed by atoms with Crippen LogP contribution in [-0.2, 0) is 85.7 Å². The smallest absolute Gasteiger partial charge is 0.335 e. The van der Waals surface area contributed by atoms with Crippen molar-refractivity contribution >= 4 is 41.9 Å². The number of carbonyl (C=O) groups is 7. The first-order chi connectivity index (χ1) is 38.7. The number of ether oxygens (including phenoxy) is 11. The molecule has 7 N–H and O–H groups in total. The Kier molecular flexibility index (Phi) is 29.4. The number of ketones is 1. The van der Waals surface area contributed by atoms with E-state index in [9.17, 15) is 48.9 Å². The lowest BCUT2D eigenvalue weighted by Crippen LogP contribution is -2.65. The standard InChI is InChI=1S/C53H87NO19.C4H6O6/c1-16-38-36(26-65-52-49(64-15)48(63-14)44(60)31(7)67-52)22-28(4)17-18-37(57)29(5)23-35(19-20-55)46(30(6)39(69-34(10)56)24-41(59)70-38)73-51-45(61)43(54(12)13)47(32(8)68-51)72-42-25-53(11,62)50(33(9)66-42)71-40(58)21-27(2)3;5-1(3(7)8)2(6)4(9)10/h17-18,20,22,27,29-33,35-36,38-39,42-52,60-62H,16,19,21,23-26H2,1-15H3;1-2,5-6H,(H,7,8)(H,9,10)/t29-,30+,31-,32-,33+,35+,36-,38-,39-,42+,43-,44-,45-,46-,47-,48-,49-,50+,51+,52-,53-;1-,2-/m11/s1. The molecule has 0 aromatic carbocycles. The van der Waals surface area contributed by atoms with Crippen LogP contribution in [0.1, 0.15) is 115 Å². The third-order valence-electron chi connectivity index (χ3n) is 15.3. The van der Waals surface area contributed by atoms with Crippen molar-refractivity contribution in [1.82, 2.24) is 4.90 Å². The summed E-state index contributed by atoms with van der Waals surface area (Å²) < 4.78 is 67.2. The zero-order valence-corrected chi connectivity index (χ0v) is 50.5. The maximum atomic E-state index is 14.2. The zero-order valence-electron chi connectivity index (χ0n) is 50.5. The lowest BCUT2D eigenvalue weighted by molar-refractivity contribution is -0.342. The number of aliphatic hydroxyl groups excluding tert-OH is 4. The normalized spacial score (nSPS) is 37.5. The molecule has 0 aliphatic carbocycles. The lowest BCUT2D eigenvalue weighted by atomic mass is 9.79. The number of carboxylic acids is 2. The van der Waals surface area contributed by atoms with Gasteiger partial charge in [0.1, 0.15) is 54.6 Å². The van der Waals surface area contributed by atoms with Crippen molar-refractivity contribution in [2.45, 2.75) is 231 Å². The van der Waals surface area contributed by atoms with Crippen LogP contribution in [0.25, 0.3) is 0 Å². The second-order valence-corrected chi connectivity index (χ2v) is 23.0. The average molecular weight is 1190 g/mol. The summed E-state index contributed by atoms with van der Waals surface area (Å²) in [6.07, 6.45) is -13.2. The number of aldehydes is 1. The number of carboxylic acid groups (broad SMARTS) is 2. The summed E-state index contributed by atoms with van der Waals surface area (Å²) in [5.41, 5.74) is -0.865. The Balaban J connectivity index is 0.00000164. The number of allylic oxidation sites excluding steroid dienone is 3. The molecule has 23 atom stereocenters. The van der Waals surface area contributed by atoms with E-state index in [-0.39, 0.29) is 44.0 Å². The van der Waals surface area contributed by atoms with Gasteiger partial charge in [0, 0.05) is 58.2 Å². The molecule has 4 aliphatic rings. The monoisotopic (exact) mass is 1190 g/mol. The minimum Gasteiger partial charge on any atom is -0.479 e. The Morgan fingerprint density at radius 3 is 1.95 bits per heavy atom. The maximum Gasteiger partial charge on any atom is 0.335 e. The number of hydrogen-bond acceptors (Lipinski definition) is 24. The van der Waals surface area contributed by atoms with Gasteiger partial charge in [0.05, 0.1) is 43.5 Å². The molecule has 0 amide bonds. The molecule has 3 fully saturated rings. The van der Waals surface area contributed by atoms with Gasteiger partial charge in [-0.2, -0.15) is 0 Å². The van der Waals surface area contributed by atoms with Crippen LogP contribution in [0.5, 0.6) is 0 Å². The highest BCUT2D eigenvalue weighted by molar-refractivity contribution is 5.91. The van der Waals surface area contributed by atoms with E-state index in [4.69, 9.17) is 72.5 Å². The first-order valence-electron chi connectivity index (χ1n) is 28.1. The molecule has 26 nitrogen and oxygen atoms in total. The minimum atomic E-state index is -2.27. The Bertz CT molecular complexity index is 2150. The van der Waals surface area contributed by atoms with E-state index in [1.807, 2.05) is 26.8 Å². The van der Waals surface area contributed by atoms with Gasteiger partial charge in [0.25, 0.3) is 0 Å². The van der Waals surface area contributed by atoms with Crippen molar-refractivity contribution in [1.29, 1.82) is 0 Å². The molecule has 3 saturated heterocycles. The third kappa shape index (κ3) is 20.9. The van der Waals surface area contributed by atoms with E-state index < -0.39 is 176 Å². The SMILES string of the molecule is CC[C@H]1OC(=O)C[C@@H](OC(C)=O)[C@H](C)[C@@H](O[C@@H]2O[C@H](C)[C@@H](O[C@H]3C[C@@](C)(O)[C@@H](OC(=O)CC(C)C)[C@H](C)O3)[C@H](N(C)C)[C@H]2O)[C@@H](CC=O)C[C@@H](C)C(=O)C=CC(C)=C[C@@H]1CO[C@@H]1O[C@H](C)[C@@H](O)[C@@H](OC)[C@H]1OC.O=C(O)[C@H](O)[C@@H](O)C(=O)O. The van der Waals surface area contributed by atoms with E-state index in [1.54, 1.807) is 73.5 Å². The highest BCUT2D eigenvalue weighted by atomic mass is 16.7. The third-order valence-corrected chi connectivity index (χ3v) is 15.3. The predicted molar refractivity (Wildman–Crippen MR) is 290 cm³/mol. The number of hydrogen-bond donors (Lipinski definition) is 7. The number of nitrogens with zero attached hydrogens (tertiary/aromatic N) is 1. The van der Waals surface area contributed by atoms with Gasteiger partial charge in [0.15, 0.2) is 43.0 Å². The van der Waals surface area contributed by atoms with Crippen LogP contribution in [0.15, 0.2) is 23.8 Å².